The highest BCUT2D eigenvalue weighted by atomic mass is 19.1. The number of fused-ring (bicyclic) bond motifs is 1. The Morgan fingerprint density at radius 3 is 2.29 bits per heavy atom. The maximum absolute atomic E-state index is 13.4. The van der Waals surface area contributed by atoms with Crippen LogP contribution in [-0.2, 0) is 0 Å². The third-order valence-corrected chi connectivity index (χ3v) is 7.07. The lowest BCUT2D eigenvalue weighted by atomic mass is 9.71. The molecule has 5 nitrogen and oxygen atoms in total. The van der Waals surface area contributed by atoms with Crippen molar-refractivity contribution in [2.45, 2.75) is 73.8 Å². The van der Waals surface area contributed by atoms with E-state index >= 15 is 0 Å². The minimum Gasteiger partial charge on any atom is -0.338 e. The fourth-order valence-electron chi connectivity index (χ4n) is 4.33. The molecule has 0 aliphatic heterocycles. The molecule has 0 aliphatic carbocycles. The topological polar surface area (TPSA) is 59.0 Å². The Balaban J connectivity index is 1.83. The average molecular weight is 481 g/mol. The molecule has 0 saturated heterocycles. The van der Waals surface area contributed by atoms with Gasteiger partial charge in [0.05, 0.1) is 17.4 Å². The van der Waals surface area contributed by atoms with Gasteiger partial charge in [0.1, 0.15) is 5.82 Å². The fraction of sp³-hybridized carbons (Fsp3) is 0.517. The summed E-state index contributed by atoms with van der Waals surface area (Å²) in [4.78, 5) is 12.6. The van der Waals surface area contributed by atoms with E-state index in [-0.39, 0.29) is 34.6 Å². The van der Waals surface area contributed by atoms with E-state index in [4.69, 9.17) is 0 Å². The van der Waals surface area contributed by atoms with Crippen molar-refractivity contribution in [1.82, 2.24) is 20.4 Å². The van der Waals surface area contributed by atoms with Gasteiger partial charge in [-0.15, -0.1) is 0 Å². The van der Waals surface area contributed by atoms with E-state index in [1.807, 2.05) is 17.8 Å². The Bertz CT molecular complexity index is 1140. The molecule has 3 aromatic rings. The van der Waals surface area contributed by atoms with E-state index in [0.717, 1.165) is 23.0 Å². The molecular weight excluding hydrogens is 439 g/mol. The highest BCUT2D eigenvalue weighted by Crippen LogP contribution is 2.41. The number of nitrogens with zero attached hydrogens (tertiary/aromatic N) is 2. The van der Waals surface area contributed by atoms with Crippen molar-refractivity contribution >= 4 is 16.9 Å². The van der Waals surface area contributed by atoms with Crippen LogP contribution in [0.4, 0.5) is 9.18 Å². The van der Waals surface area contributed by atoms with Gasteiger partial charge in [-0.3, -0.25) is 0 Å². The van der Waals surface area contributed by atoms with Gasteiger partial charge in [0.2, 0.25) is 0 Å². The van der Waals surface area contributed by atoms with Gasteiger partial charge in [0, 0.05) is 18.0 Å². The van der Waals surface area contributed by atoms with Crippen LogP contribution in [0.15, 0.2) is 48.7 Å². The minimum absolute atomic E-state index is 0.000795. The van der Waals surface area contributed by atoms with E-state index in [0.29, 0.717) is 12.5 Å². The number of nitrogens with one attached hydrogen (secondary N) is 2. The predicted molar refractivity (Wildman–Crippen MR) is 142 cm³/mol. The first-order valence-corrected chi connectivity index (χ1v) is 12.6. The van der Waals surface area contributed by atoms with E-state index in [1.165, 1.54) is 17.7 Å². The third kappa shape index (κ3) is 6.62. The molecule has 2 N–H and O–H groups in total. The highest BCUT2D eigenvalue weighted by Gasteiger charge is 2.32. The summed E-state index contributed by atoms with van der Waals surface area (Å²) < 4.78 is 15.2. The first-order chi connectivity index (χ1) is 16.3. The first kappa shape index (κ1) is 26.7. The van der Waals surface area contributed by atoms with Gasteiger partial charge in [-0.1, -0.05) is 54.5 Å². The van der Waals surface area contributed by atoms with E-state index in [2.05, 4.69) is 82.4 Å². The van der Waals surface area contributed by atoms with Crippen LogP contribution < -0.4 is 10.6 Å². The lowest BCUT2D eigenvalue weighted by Crippen LogP contribution is -2.49. The maximum Gasteiger partial charge on any atom is 0.315 e. The maximum atomic E-state index is 13.4. The Kier molecular flexibility index (Phi) is 7.93. The Morgan fingerprint density at radius 1 is 1.03 bits per heavy atom. The number of halogens is 1. The van der Waals surface area contributed by atoms with Crippen LogP contribution in [0.3, 0.4) is 0 Å². The molecule has 1 aromatic heterocycles. The van der Waals surface area contributed by atoms with Crippen molar-refractivity contribution in [1.29, 1.82) is 0 Å². The SMILES string of the molecule is CC(C)CC(c1ccc2c(cnn2-c2ccc(F)cc2)c1)C(C)(C)CNC(=O)N[C@H](C)C(C)(C)C. The molecule has 35 heavy (non-hydrogen) atoms. The number of amides is 2. The van der Waals surface area contributed by atoms with Crippen molar-refractivity contribution in [2.75, 3.05) is 6.54 Å². The summed E-state index contributed by atoms with van der Waals surface area (Å²) in [5.74, 6) is 0.495. The second-order valence-electron chi connectivity index (χ2n) is 11.9. The molecular formula is C29H41FN4O. The molecule has 6 heteroatoms. The van der Waals surface area contributed by atoms with Gasteiger partial charge in [0.25, 0.3) is 0 Å². The summed E-state index contributed by atoms with van der Waals surface area (Å²) in [6.07, 6.45) is 2.87. The Labute approximate surface area is 209 Å². The predicted octanol–water partition coefficient (Wildman–Crippen LogP) is 7.05. The zero-order valence-corrected chi connectivity index (χ0v) is 22.4. The molecule has 3 rings (SSSR count). The van der Waals surface area contributed by atoms with Gasteiger partial charge < -0.3 is 10.6 Å². The largest absolute Gasteiger partial charge is 0.338 e. The van der Waals surface area contributed by atoms with E-state index in [1.54, 1.807) is 12.1 Å². The van der Waals surface area contributed by atoms with Crippen LogP contribution in [-0.4, -0.2) is 28.4 Å². The first-order valence-electron chi connectivity index (χ1n) is 12.6. The minimum atomic E-state index is -0.263. The smallest absolute Gasteiger partial charge is 0.315 e. The van der Waals surface area contributed by atoms with Crippen molar-refractivity contribution in [3.63, 3.8) is 0 Å². The van der Waals surface area contributed by atoms with Crippen molar-refractivity contribution in [3.05, 3.63) is 60.0 Å². The molecule has 0 saturated carbocycles. The number of benzene rings is 2. The monoisotopic (exact) mass is 480 g/mol. The van der Waals surface area contributed by atoms with Crippen LogP contribution in [0.2, 0.25) is 0 Å². The number of hydrogen-bond donors (Lipinski definition) is 2. The van der Waals surface area contributed by atoms with Gasteiger partial charge in [-0.05, 0) is 78.0 Å². The molecule has 0 spiro atoms. The second kappa shape index (κ2) is 10.4. The summed E-state index contributed by atoms with van der Waals surface area (Å²) in [5.41, 5.74) is 2.89. The zero-order valence-electron chi connectivity index (χ0n) is 22.4. The molecule has 0 aliphatic rings. The molecule has 1 heterocycles. The standard InChI is InChI=1S/C29H41FN4O/c1-19(2)15-25(29(7,8)18-31-27(35)33-20(3)28(4,5)6)21-9-14-26-22(16-21)17-32-34(26)24-12-10-23(30)11-13-24/h9-14,16-17,19-20,25H,15,18H2,1-8H3,(H2,31,33,35)/t20-,25?/m1/s1. The Morgan fingerprint density at radius 2 is 1.69 bits per heavy atom. The lowest BCUT2D eigenvalue weighted by Gasteiger charge is -2.37. The molecule has 190 valence electrons. The summed E-state index contributed by atoms with van der Waals surface area (Å²) in [6, 6.07) is 12.8. The summed E-state index contributed by atoms with van der Waals surface area (Å²) in [5, 5.41) is 11.8. The number of carbonyl (C=O) groups excluding carboxylic acids is 1. The van der Waals surface area contributed by atoms with Crippen LogP contribution in [0.1, 0.15) is 73.3 Å². The van der Waals surface area contributed by atoms with Gasteiger partial charge in [-0.25, -0.2) is 13.9 Å². The van der Waals surface area contributed by atoms with E-state index in [9.17, 15) is 9.18 Å². The van der Waals surface area contributed by atoms with Gasteiger partial charge in [0.15, 0.2) is 0 Å². The molecule has 2 atom stereocenters. The molecule has 2 amide bonds. The van der Waals surface area contributed by atoms with Crippen molar-refractivity contribution < 1.29 is 9.18 Å². The number of aromatic nitrogens is 2. The fourth-order valence-corrected chi connectivity index (χ4v) is 4.33. The number of urea groups is 1. The average Bonchev–Trinajstić information content (AvgIpc) is 3.19. The summed E-state index contributed by atoms with van der Waals surface area (Å²) in [6.45, 7) is 17.9. The number of rotatable bonds is 8. The van der Waals surface area contributed by atoms with Crippen LogP contribution in [0.25, 0.3) is 16.6 Å². The second-order valence-corrected chi connectivity index (χ2v) is 11.9. The third-order valence-electron chi connectivity index (χ3n) is 7.07. The van der Waals surface area contributed by atoms with Crippen molar-refractivity contribution in [3.8, 4) is 5.69 Å². The summed E-state index contributed by atoms with van der Waals surface area (Å²) >= 11 is 0. The lowest BCUT2D eigenvalue weighted by molar-refractivity contribution is 0.206. The van der Waals surface area contributed by atoms with Gasteiger partial charge >= 0.3 is 6.03 Å². The van der Waals surface area contributed by atoms with Gasteiger partial charge in [-0.2, -0.15) is 5.10 Å². The van der Waals surface area contributed by atoms with Crippen LogP contribution >= 0.6 is 0 Å². The molecule has 0 radical (unpaired) electrons. The zero-order chi connectivity index (χ0) is 26.0. The number of carbonyl (C=O) groups is 1. The number of hydrogen-bond acceptors (Lipinski definition) is 2. The quantitative estimate of drug-likeness (QED) is 0.363. The molecule has 0 bridgehead atoms. The Hall–Kier alpha value is -2.89. The summed E-state index contributed by atoms with van der Waals surface area (Å²) in [7, 11) is 0. The normalized spacial score (nSPS) is 14.2. The van der Waals surface area contributed by atoms with Crippen LogP contribution in [0, 0.1) is 22.6 Å². The molecule has 2 aromatic carbocycles. The molecule has 0 fully saturated rings. The van der Waals surface area contributed by atoms with Crippen LogP contribution in [0.5, 0.6) is 0 Å². The van der Waals surface area contributed by atoms with Crippen molar-refractivity contribution in [2.24, 2.45) is 16.7 Å². The molecule has 1 unspecified atom stereocenters. The van der Waals surface area contributed by atoms with E-state index < -0.39 is 0 Å². The highest BCUT2D eigenvalue weighted by molar-refractivity contribution is 5.81.